The quantitative estimate of drug-likeness (QED) is 0.184. The number of unbranched alkanes of at least 4 members (excludes halogenated alkanes) is 15. The van der Waals surface area contributed by atoms with E-state index in [9.17, 15) is 4.79 Å². The molecule has 1 aliphatic heterocycles. The van der Waals surface area contributed by atoms with Crippen LogP contribution in [0.4, 0.5) is 0 Å². The first-order chi connectivity index (χ1) is 17.5. The van der Waals surface area contributed by atoms with Crippen LogP contribution in [0.3, 0.4) is 0 Å². The van der Waals surface area contributed by atoms with Gasteiger partial charge in [0.05, 0.1) is 0 Å². The lowest BCUT2D eigenvalue weighted by Crippen LogP contribution is -2.68. The summed E-state index contributed by atoms with van der Waals surface area (Å²) in [5.74, 6) is 1.39. The summed E-state index contributed by atoms with van der Waals surface area (Å²) in [6, 6.07) is 1.44. The molecule has 2 aliphatic carbocycles. The molecule has 0 amide bonds. The summed E-state index contributed by atoms with van der Waals surface area (Å²) in [6.07, 6.45) is 30.0. The number of piperidine rings is 1. The van der Waals surface area contributed by atoms with Gasteiger partial charge in [-0.25, -0.2) is 0 Å². The molecule has 2 N–H and O–H groups in total. The number of rotatable bonds is 18. The summed E-state index contributed by atoms with van der Waals surface area (Å²) < 4.78 is 0. The van der Waals surface area contributed by atoms with Crippen LogP contribution in [0.5, 0.6) is 0 Å². The Balaban J connectivity index is 1.22. The van der Waals surface area contributed by atoms with Crippen LogP contribution in [0.1, 0.15) is 162 Å². The fraction of sp³-hybridized carbons (Fsp3) is 0.970. The maximum absolute atomic E-state index is 13.2. The highest BCUT2D eigenvalue weighted by Crippen LogP contribution is 2.44. The van der Waals surface area contributed by atoms with Crippen molar-refractivity contribution in [2.75, 3.05) is 6.54 Å². The molecule has 1 saturated heterocycles. The van der Waals surface area contributed by atoms with Crippen molar-refractivity contribution in [3.05, 3.63) is 0 Å². The largest absolute Gasteiger partial charge is 0.313 e. The first-order valence-electron chi connectivity index (χ1n) is 16.5. The molecule has 3 heteroatoms. The van der Waals surface area contributed by atoms with E-state index >= 15 is 0 Å². The van der Waals surface area contributed by atoms with Crippen molar-refractivity contribution in [1.82, 2.24) is 10.6 Å². The topological polar surface area (TPSA) is 41.1 Å². The second-order valence-corrected chi connectivity index (χ2v) is 13.6. The predicted molar refractivity (Wildman–Crippen MR) is 156 cm³/mol. The molecule has 1 heterocycles. The van der Waals surface area contributed by atoms with E-state index in [1.54, 1.807) is 0 Å². The number of hydrogen-bond donors (Lipinski definition) is 2. The van der Waals surface area contributed by atoms with E-state index in [1.807, 2.05) is 0 Å². The summed E-state index contributed by atoms with van der Waals surface area (Å²) in [5.41, 5.74) is 0.158. The highest BCUT2D eigenvalue weighted by Gasteiger charge is 2.51. The van der Waals surface area contributed by atoms with Crippen molar-refractivity contribution in [3.8, 4) is 0 Å². The summed E-state index contributed by atoms with van der Waals surface area (Å²) in [6.45, 7) is 7.97. The first kappa shape index (κ1) is 30.1. The van der Waals surface area contributed by atoms with E-state index < -0.39 is 0 Å². The number of nitrogens with one attached hydrogen (secondary N) is 2. The second kappa shape index (κ2) is 16.5. The molecule has 0 aromatic rings. The second-order valence-electron chi connectivity index (χ2n) is 13.6. The van der Waals surface area contributed by atoms with Gasteiger partial charge in [-0.2, -0.15) is 0 Å². The Morgan fingerprint density at radius 1 is 0.750 bits per heavy atom. The summed E-state index contributed by atoms with van der Waals surface area (Å²) >= 11 is 0. The summed E-state index contributed by atoms with van der Waals surface area (Å²) in [7, 11) is 0. The maximum Gasteiger partial charge on any atom is 0.139 e. The van der Waals surface area contributed by atoms with E-state index in [0.717, 1.165) is 19.4 Å². The molecule has 0 aromatic carbocycles. The van der Waals surface area contributed by atoms with Gasteiger partial charge in [-0.1, -0.05) is 130 Å². The number of Topliss-reactive ketones (excluding diaryl/α,β-unsaturated/α-hetero) is 1. The summed E-state index contributed by atoms with van der Waals surface area (Å²) in [5, 5.41) is 7.94. The van der Waals surface area contributed by atoms with Gasteiger partial charge in [0, 0.05) is 30.5 Å². The molecule has 5 unspecified atom stereocenters. The Labute approximate surface area is 225 Å². The Kier molecular flexibility index (Phi) is 13.8. The van der Waals surface area contributed by atoms with Crippen molar-refractivity contribution in [3.63, 3.8) is 0 Å². The van der Waals surface area contributed by atoms with Crippen molar-refractivity contribution in [1.29, 1.82) is 0 Å². The van der Waals surface area contributed by atoms with Crippen LogP contribution in [0, 0.1) is 17.3 Å². The van der Waals surface area contributed by atoms with Crippen molar-refractivity contribution < 1.29 is 4.79 Å². The van der Waals surface area contributed by atoms with E-state index in [4.69, 9.17) is 0 Å². The molecular formula is C33H62N2O. The number of carbonyl (C=O) groups excluding carboxylic acids is 1. The Bertz CT molecular complexity index is 602. The SMILES string of the molecule is CCCCCCCCCCCCCCCCCCNC1C2CCCCC2NC2CC(C)(C)CC(=O)C21. The fourth-order valence-electron chi connectivity index (χ4n) is 7.78. The maximum atomic E-state index is 13.2. The predicted octanol–water partition coefficient (Wildman–Crippen LogP) is 8.74. The van der Waals surface area contributed by atoms with E-state index in [2.05, 4.69) is 31.4 Å². The molecule has 3 fully saturated rings. The zero-order chi connectivity index (χ0) is 25.6. The monoisotopic (exact) mass is 502 g/mol. The molecule has 3 rings (SSSR count). The third-order valence-corrected chi connectivity index (χ3v) is 9.74. The summed E-state index contributed by atoms with van der Waals surface area (Å²) in [4.78, 5) is 13.2. The standard InChI is InChI=1S/C33H62N2O/c1-4-5-6-7-8-9-10-11-12-13-14-15-16-17-18-21-24-34-32-27-22-19-20-23-28(27)35-29-25-33(2,3)26-30(36)31(29)32/h27-29,31-32,34-35H,4-26H2,1-3H3. The molecule has 0 radical (unpaired) electrons. The molecule has 5 atom stereocenters. The third kappa shape index (κ3) is 10.0. The van der Waals surface area contributed by atoms with E-state index in [1.165, 1.54) is 128 Å². The minimum absolute atomic E-state index is 0.158. The lowest BCUT2D eigenvalue weighted by Gasteiger charge is -2.54. The van der Waals surface area contributed by atoms with Gasteiger partial charge in [0.1, 0.15) is 5.78 Å². The van der Waals surface area contributed by atoms with Gasteiger partial charge in [0.15, 0.2) is 0 Å². The van der Waals surface area contributed by atoms with Crippen LogP contribution in [-0.2, 0) is 4.79 Å². The van der Waals surface area contributed by atoms with Crippen LogP contribution in [0.2, 0.25) is 0 Å². The normalized spacial score (nSPS) is 29.6. The highest BCUT2D eigenvalue weighted by molar-refractivity contribution is 5.84. The van der Waals surface area contributed by atoms with Crippen LogP contribution < -0.4 is 10.6 Å². The van der Waals surface area contributed by atoms with E-state index in [-0.39, 0.29) is 11.3 Å². The number of hydrogen-bond acceptors (Lipinski definition) is 3. The Hall–Kier alpha value is -0.410. The lowest BCUT2D eigenvalue weighted by molar-refractivity contribution is -0.134. The van der Waals surface area contributed by atoms with Gasteiger partial charge in [-0.3, -0.25) is 4.79 Å². The van der Waals surface area contributed by atoms with Crippen LogP contribution in [0.15, 0.2) is 0 Å². The lowest BCUT2D eigenvalue weighted by atomic mass is 9.61. The molecule has 0 aromatic heterocycles. The van der Waals surface area contributed by atoms with Gasteiger partial charge in [-0.15, -0.1) is 0 Å². The molecule has 2 saturated carbocycles. The highest BCUT2D eigenvalue weighted by atomic mass is 16.1. The van der Waals surface area contributed by atoms with Crippen molar-refractivity contribution in [2.45, 2.75) is 180 Å². The van der Waals surface area contributed by atoms with Crippen LogP contribution in [-0.4, -0.2) is 30.5 Å². The van der Waals surface area contributed by atoms with Crippen molar-refractivity contribution in [2.24, 2.45) is 17.3 Å². The van der Waals surface area contributed by atoms with Gasteiger partial charge >= 0.3 is 0 Å². The number of carbonyl (C=O) groups is 1. The van der Waals surface area contributed by atoms with Crippen LogP contribution in [0.25, 0.3) is 0 Å². The molecule has 210 valence electrons. The zero-order valence-corrected chi connectivity index (χ0v) is 24.6. The fourth-order valence-corrected chi connectivity index (χ4v) is 7.78. The zero-order valence-electron chi connectivity index (χ0n) is 24.6. The molecule has 3 aliphatic rings. The third-order valence-electron chi connectivity index (χ3n) is 9.74. The van der Waals surface area contributed by atoms with Gasteiger partial charge in [0.2, 0.25) is 0 Å². The average Bonchev–Trinajstić information content (AvgIpc) is 2.84. The van der Waals surface area contributed by atoms with Crippen LogP contribution >= 0.6 is 0 Å². The van der Waals surface area contributed by atoms with Gasteiger partial charge in [-0.05, 0) is 43.6 Å². The Morgan fingerprint density at radius 2 is 1.28 bits per heavy atom. The number of ketones is 1. The van der Waals surface area contributed by atoms with Gasteiger partial charge in [0.25, 0.3) is 0 Å². The molecular weight excluding hydrogens is 440 g/mol. The molecule has 3 nitrogen and oxygen atoms in total. The Morgan fingerprint density at radius 3 is 1.86 bits per heavy atom. The van der Waals surface area contributed by atoms with Gasteiger partial charge < -0.3 is 10.6 Å². The number of fused-ring (bicyclic) bond motifs is 2. The smallest absolute Gasteiger partial charge is 0.139 e. The van der Waals surface area contributed by atoms with Crippen molar-refractivity contribution >= 4 is 5.78 Å². The average molecular weight is 503 g/mol. The molecule has 0 bridgehead atoms. The first-order valence-corrected chi connectivity index (χ1v) is 16.5. The molecule has 36 heavy (non-hydrogen) atoms. The minimum atomic E-state index is 0.158. The van der Waals surface area contributed by atoms with E-state index in [0.29, 0.717) is 29.8 Å². The molecule has 0 spiro atoms. The minimum Gasteiger partial charge on any atom is -0.313 e.